The van der Waals surface area contributed by atoms with Crippen LogP contribution in [0.1, 0.15) is 187 Å². The van der Waals surface area contributed by atoms with Crippen molar-refractivity contribution >= 4 is 8.56 Å². The summed E-state index contributed by atoms with van der Waals surface area (Å²) in [4.78, 5) is 0. The second-order valence-electron chi connectivity index (χ2n) is 11.9. The minimum absolute atomic E-state index is 0.895. The molecule has 0 aliphatic rings. The van der Waals surface area contributed by atoms with Gasteiger partial charge in [0.05, 0.1) is 0 Å². The lowest BCUT2D eigenvalue weighted by Crippen LogP contribution is -2.35. The van der Waals surface area contributed by atoms with Crippen molar-refractivity contribution in [2.75, 3.05) is 13.2 Å². The summed E-state index contributed by atoms with van der Waals surface area (Å²) in [6.07, 6.45) is 38.0. The van der Waals surface area contributed by atoms with Gasteiger partial charge >= 0.3 is 8.56 Å². The Hall–Kier alpha value is 0.137. The van der Waals surface area contributed by atoms with Crippen molar-refractivity contribution in [1.29, 1.82) is 0 Å². The molecule has 36 heavy (non-hydrogen) atoms. The highest BCUT2D eigenvalue weighted by Gasteiger charge is 2.23. The van der Waals surface area contributed by atoms with Crippen LogP contribution >= 0.6 is 0 Å². The summed E-state index contributed by atoms with van der Waals surface area (Å²) in [5, 5.41) is 0. The highest BCUT2D eigenvalue weighted by molar-refractivity contribution is 6.64. The third-order valence-electron chi connectivity index (χ3n) is 7.65. The van der Waals surface area contributed by atoms with Crippen LogP contribution in [0, 0.1) is 0 Å². The van der Waals surface area contributed by atoms with Crippen LogP contribution in [0.15, 0.2) is 0 Å². The molecule has 0 saturated heterocycles. The van der Waals surface area contributed by atoms with Gasteiger partial charge in [0.25, 0.3) is 0 Å². The fourth-order valence-corrected chi connectivity index (χ4v) is 6.45. The van der Waals surface area contributed by atoms with E-state index < -0.39 is 8.56 Å². The predicted molar refractivity (Wildman–Crippen MR) is 165 cm³/mol. The van der Waals surface area contributed by atoms with Crippen molar-refractivity contribution in [3.8, 4) is 0 Å². The molecule has 0 radical (unpaired) electrons. The van der Waals surface area contributed by atoms with Gasteiger partial charge in [-0.05, 0) is 25.9 Å². The standard InChI is InChI=1S/C33H70O2Si/c1-5-7-9-11-13-14-15-16-17-18-19-20-21-22-23-24-25-27-29-31-33-35-36(3,4)34-32-30-28-26-12-10-8-6-2/h5-33H2,1-4H3. The molecule has 218 valence electrons. The lowest BCUT2D eigenvalue weighted by Gasteiger charge is -2.23. The summed E-state index contributed by atoms with van der Waals surface area (Å²) in [6.45, 7) is 10.8. The summed E-state index contributed by atoms with van der Waals surface area (Å²) < 4.78 is 12.3. The van der Waals surface area contributed by atoms with Gasteiger partial charge < -0.3 is 8.85 Å². The largest absolute Gasteiger partial charge is 0.395 e. The van der Waals surface area contributed by atoms with Crippen molar-refractivity contribution in [1.82, 2.24) is 0 Å². The fraction of sp³-hybridized carbons (Fsp3) is 1.00. The predicted octanol–water partition coefficient (Wildman–Crippen LogP) is 12.3. The van der Waals surface area contributed by atoms with Gasteiger partial charge in [-0.1, -0.05) is 174 Å². The quantitative estimate of drug-likeness (QED) is 0.0660. The van der Waals surface area contributed by atoms with Crippen LogP contribution in [-0.4, -0.2) is 21.8 Å². The monoisotopic (exact) mass is 527 g/mol. The van der Waals surface area contributed by atoms with E-state index in [1.165, 1.54) is 173 Å². The Kier molecular flexibility index (Phi) is 29.8. The molecule has 0 aliphatic heterocycles. The van der Waals surface area contributed by atoms with Gasteiger partial charge in [0.2, 0.25) is 0 Å². The lowest BCUT2D eigenvalue weighted by atomic mass is 10.0. The van der Waals surface area contributed by atoms with Crippen molar-refractivity contribution < 1.29 is 8.85 Å². The molecule has 0 atom stereocenters. The maximum absolute atomic E-state index is 6.14. The van der Waals surface area contributed by atoms with Gasteiger partial charge in [0.15, 0.2) is 0 Å². The number of hydrogen-bond donors (Lipinski definition) is 0. The Bertz CT molecular complexity index is 399. The smallest absolute Gasteiger partial charge is 0.331 e. The zero-order valence-corrected chi connectivity index (χ0v) is 26.8. The molecule has 0 heterocycles. The molecule has 0 aliphatic carbocycles. The third kappa shape index (κ3) is 30.4. The summed E-state index contributed by atoms with van der Waals surface area (Å²) in [5.74, 6) is 0. The summed E-state index contributed by atoms with van der Waals surface area (Å²) in [5.41, 5.74) is 0. The Balaban J connectivity index is 3.22. The van der Waals surface area contributed by atoms with Crippen LogP contribution in [0.5, 0.6) is 0 Å². The van der Waals surface area contributed by atoms with E-state index in [0.29, 0.717) is 0 Å². The van der Waals surface area contributed by atoms with E-state index in [4.69, 9.17) is 8.85 Å². The average Bonchev–Trinajstić information content (AvgIpc) is 2.86. The highest BCUT2D eigenvalue weighted by Crippen LogP contribution is 2.16. The van der Waals surface area contributed by atoms with Crippen molar-refractivity contribution in [3.63, 3.8) is 0 Å². The normalized spacial score (nSPS) is 12.0. The van der Waals surface area contributed by atoms with E-state index in [1.54, 1.807) is 0 Å². The lowest BCUT2D eigenvalue weighted by molar-refractivity contribution is 0.172. The molecule has 0 rings (SSSR count). The molecule has 0 saturated carbocycles. The molecular formula is C33H70O2Si. The van der Waals surface area contributed by atoms with Gasteiger partial charge in [-0.2, -0.15) is 0 Å². The van der Waals surface area contributed by atoms with E-state index in [2.05, 4.69) is 26.9 Å². The first-order valence-corrected chi connectivity index (χ1v) is 19.7. The van der Waals surface area contributed by atoms with Crippen LogP contribution < -0.4 is 0 Å². The van der Waals surface area contributed by atoms with Crippen molar-refractivity contribution in [2.24, 2.45) is 0 Å². The third-order valence-corrected chi connectivity index (χ3v) is 9.44. The molecule has 0 aromatic heterocycles. The summed E-state index contributed by atoms with van der Waals surface area (Å²) in [7, 11) is -1.90. The molecule has 0 N–H and O–H groups in total. The zero-order valence-electron chi connectivity index (χ0n) is 25.8. The molecule has 0 unspecified atom stereocenters. The van der Waals surface area contributed by atoms with Crippen LogP contribution in [0.25, 0.3) is 0 Å². The fourth-order valence-electron chi connectivity index (χ4n) is 5.09. The maximum Gasteiger partial charge on any atom is 0.331 e. The molecule has 0 fully saturated rings. The van der Waals surface area contributed by atoms with Gasteiger partial charge in [0, 0.05) is 13.2 Å². The number of unbranched alkanes of at least 4 members (excludes halogenated alkanes) is 25. The van der Waals surface area contributed by atoms with Gasteiger partial charge in [-0.3, -0.25) is 0 Å². The second kappa shape index (κ2) is 29.7. The summed E-state index contributed by atoms with van der Waals surface area (Å²) in [6, 6.07) is 0. The first-order chi connectivity index (χ1) is 17.6. The topological polar surface area (TPSA) is 18.5 Å². The molecular weight excluding hydrogens is 456 g/mol. The zero-order chi connectivity index (χ0) is 26.4. The molecule has 2 nitrogen and oxygen atoms in total. The molecule has 3 heteroatoms. The Morgan fingerprint density at radius 2 is 0.500 bits per heavy atom. The molecule has 0 amide bonds. The second-order valence-corrected chi connectivity index (χ2v) is 15.3. The van der Waals surface area contributed by atoms with E-state index in [1.807, 2.05) is 0 Å². The van der Waals surface area contributed by atoms with Crippen LogP contribution in [-0.2, 0) is 8.85 Å². The van der Waals surface area contributed by atoms with Gasteiger partial charge in [-0.15, -0.1) is 0 Å². The van der Waals surface area contributed by atoms with E-state index in [0.717, 1.165) is 13.2 Å². The van der Waals surface area contributed by atoms with Crippen molar-refractivity contribution in [3.05, 3.63) is 0 Å². The Labute approximate surface area is 230 Å². The molecule has 0 aromatic rings. The van der Waals surface area contributed by atoms with E-state index >= 15 is 0 Å². The molecule has 0 aromatic carbocycles. The van der Waals surface area contributed by atoms with Crippen LogP contribution in [0.3, 0.4) is 0 Å². The molecule has 0 bridgehead atoms. The SMILES string of the molecule is CCCCCCCCCCCCCCCCCCCCCCO[Si](C)(C)OCCCCCCCCC. The number of rotatable bonds is 31. The first-order valence-electron chi connectivity index (χ1n) is 16.9. The minimum Gasteiger partial charge on any atom is -0.395 e. The average molecular weight is 527 g/mol. The highest BCUT2D eigenvalue weighted by atomic mass is 28.4. The maximum atomic E-state index is 6.14. The minimum atomic E-state index is -1.90. The van der Waals surface area contributed by atoms with Crippen LogP contribution in [0.2, 0.25) is 13.1 Å². The van der Waals surface area contributed by atoms with E-state index in [-0.39, 0.29) is 0 Å². The molecule has 0 spiro atoms. The number of hydrogen-bond acceptors (Lipinski definition) is 2. The summed E-state index contributed by atoms with van der Waals surface area (Å²) >= 11 is 0. The van der Waals surface area contributed by atoms with Crippen LogP contribution in [0.4, 0.5) is 0 Å². The van der Waals surface area contributed by atoms with Gasteiger partial charge in [-0.25, -0.2) is 0 Å². The van der Waals surface area contributed by atoms with Gasteiger partial charge in [0.1, 0.15) is 0 Å². The Morgan fingerprint density at radius 3 is 0.722 bits per heavy atom. The van der Waals surface area contributed by atoms with E-state index in [9.17, 15) is 0 Å². The van der Waals surface area contributed by atoms with Crippen molar-refractivity contribution in [2.45, 2.75) is 200 Å². The Morgan fingerprint density at radius 1 is 0.306 bits per heavy atom. The first kappa shape index (κ1) is 36.1.